The summed E-state index contributed by atoms with van der Waals surface area (Å²) in [6.07, 6.45) is 10.8. The fourth-order valence-electron chi connectivity index (χ4n) is 3.60. The molecule has 1 aliphatic carbocycles. The molecule has 1 saturated carbocycles. The van der Waals surface area contributed by atoms with Crippen LogP contribution in [0.5, 0.6) is 0 Å². The van der Waals surface area contributed by atoms with E-state index in [9.17, 15) is 0 Å². The second-order valence-electron chi connectivity index (χ2n) is 6.22. The number of hydrogen-bond donors (Lipinski definition) is 0. The second kappa shape index (κ2) is 5.38. The zero-order valence-corrected chi connectivity index (χ0v) is 12.2. The van der Waals surface area contributed by atoms with Crippen LogP contribution in [0.15, 0.2) is 0 Å². The van der Waals surface area contributed by atoms with Crippen molar-refractivity contribution in [3.63, 3.8) is 0 Å². The van der Waals surface area contributed by atoms with Crippen molar-refractivity contribution in [3.8, 4) is 0 Å². The Morgan fingerprint density at radius 3 is 1.88 bits per heavy atom. The number of hydrogen-bond acceptors (Lipinski definition) is 0. The SMILES string of the molecule is CC(C)[C@H]1CC[C@H](C(C)C)P1C1[CH][CH]CC1. The molecule has 0 spiro atoms. The maximum Gasteiger partial charge on any atom is -0.0170 e. The molecular formula is C15H27P. The van der Waals surface area contributed by atoms with Crippen molar-refractivity contribution in [2.45, 2.75) is 70.4 Å². The van der Waals surface area contributed by atoms with Gasteiger partial charge >= 0.3 is 0 Å². The second-order valence-corrected chi connectivity index (χ2v) is 9.10. The van der Waals surface area contributed by atoms with E-state index in [4.69, 9.17) is 0 Å². The van der Waals surface area contributed by atoms with Gasteiger partial charge in [0.15, 0.2) is 0 Å². The molecule has 1 aliphatic heterocycles. The average Bonchev–Trinajstić information content (AvgIpc) is 2.85. The zero-order chi connectivity index (χ0) is 11.7. The van der Waals surface area contributed by atoms with Crippen LogP contribution in [-0.4, -0.2) is 17.0 Å². The van der Waals surface area contributed by atoms with Crippen LogP contribution in [0.25, 0.3) is 0 Å². The van der Waals surface area contributed by atoms with Gasteiger partial charge in [0.25, 0.3) is 0 Å². The highest BCUT2D eigenvalue weighted by Gasteiger charge is 2.43. The summed E-state index contributed by atoms with van der Waals surface area (Å²) in [5.41, 5.74) is 3.07. The predicted octanol–water partition coefficient (Wildman–Crippen LogP) is 4.88. The van der Waals surface area contributed by atoms with Crippen LogP contribution in [0.4, 0.5) is 0 Å². The Morgan fingerprint density at radius 1 is 0.938 bits per heavy atom. The molecule has 2 rings (SSSR count). The van der Waals surface area contributed by atoms with Gasteiger partial charge < -0.3 is 0 Å². The Kier molecular flexibility index (Phi) is 4.33. The lowest BCUT2D eigenvalue weighted by Crippen LogP contribution is -2.20. The molecule has 0 nitrogen and oxygen atoms in total. The summed E-state index contributed by atoms with van der Waals surface area (Å²) in [5.74, 6) is 1.81. The molecule has 1 unspecified atom stereocenters. The average molecular weight is 238 g/mol. The van der Waals surface area contributed by atoms with Crippen LogP contribution in [0, 0.1) is 24.7 Å². The van der Waals surface area contributed by atoms with Crippen molar-refractivity contribution in [3.05, 3.63) is 12.8 Å². The maximum atomic E-state index is 2.56. The minimum absolute atomic E-state index is 0.261. The fourth-order valence-corrected chi connectivity index (χ4v) is 8.11. The molecule has 0 bridgehead atoms. The molecule has 2 aliphatic rings. The predicted molar refractivity (Wildman–Crippen MR) is 75.0 cm³/mol. The Bertz CT molecular complexity index is 199. The summed E-state index contributed by atoms with van der Waals surface area (Å²) >= 11 is 0. The van der Waals surface area contributed by atoms with Crippen LogP contribution in [0.3, 0.4) is 0 Å². The van der Waals surface area contributed by atoms with E-state index in [2.05, 4.69) is 40.5 Å². The monoisotopic (exact) mass is 238 g/mol. The number of rotatable bonds is 3. The Morgan fingerprint density at radius 2 is 1.50 bits per heavy atom. The van der Waals surface area contributed by atoms with Crippen LogP contribution in [0.1, 0.15) is 53.4 Å². The highest BCUT2D eigenvalue weighted by molar-refractivity contribution is 7.60. The van der Waals surface area contributed by atoms with Crippen LogP contribution >= 0.6 is 7.92 Å². The van der Waals surface area contributed by atoms with Gasteiger partial charge in [0.05, 0.1) is 0 Å². The van der Waals surface area contributed by atoms with E-state index in [-0.39, 0.29) is 7.92 Å². The smallest absolute Gasteiger partial charge is 0.0170 e. The van der Waals surface area contributed by atoms with Crippen molar-refractivity contribution >= 4 is 7.92 Å². The molecule has 3 atom stereocenters. The minimum atomic E-state index is 0.261. The van der Waals surface area contributed by atoms with Crippen LogP contribution in [-0.2, 0) is 0 Å². The molecule has 16 heavy (non-hydrogen) atoms. The Hall–Kier alpha value is 0.430. The van der Waals surface area contributed by atoms with Gasteiger partial charge in [-0.1, -0.05) is 35.6 Å². The molecule has 0 aromatic rings. The summed E-state index contributed by atoms with van der Waals surface area (Å²) in [7, 11) is 0.261. The van der Waals surface area contributed by atoms with Gasteiger partial charge in [-0.2, -0.15) is 0 Å². The summed E-state index contributed by atoms with van der Waals surface area (Å²) in [5, 5.41) is 0. The summed E-state index contributed by atoms with van der Waals surface area (Å²) < 4.78 is 0. The van der Waals surface area contributed by atoms with Gasteiger partial charge in [-0.25, -0.2) is 0 Å². The lowest BCUT2D eigenvalue weighted by molar-refractivity contribution is 0.543. The quantitative estimate of drug-likeness (QED) is 0.614. The minimum Gasteiger partial charge on any atom is -0.0963 e. The van der Waals surface area contributed by atoms with Crippen molar-refractivity contribution in [1.82, 2.24) is 0 Å². The molecule has 1 saturated heterocycles. The van der Waals surface area contributed by atoms with Crippen molar-refractivity contribution in [2.24, 2.45) is 11.8 Å². The zero-order valence-electron chi connectivity index (χ0n) is 11.3. The van der Waals surface area contributed by atoms with Gasteiger partial charge in [0.2, 0.25) is 0 Å². The van der Waals surface area contributed by atoms with E-state index in [0.29, 0.717) is 0 Å². The summed E-state index contributed by atoms with van der Waals surface area (Å²) in [4.78, 5) is 0. The Labute approximate surface area is 103 Å². The molecule has 1 heterocycles. The molecule has 0 aromatic heterocycles. The molecular weight excluding hydrogens is 211 g/mol. The van der Waals surface area contributed by atoms with E-state index in [1.807, 2.05) is 0 Å². The third kappa shape index (κ3) is 2.47. The lowest BCUT2D eigenvalue weighted by Gasteiger charge is -2.35. The normalized spacial score (nSPS) is 33.4. The fraction of sp³-hybridized carbons (Fsp3) is 0.867. The first-order valence-electron chi connectivity index (χ1n) is 7.05. The molecule has 0 aromatic carbocycles. The van der Waals surface area contributed by atoms with Gasteiger partial charge in [-0.05, 0) is 67.3 Å². The Balaban J connectivity index is 2.11. The molecule has 2 fully saturated rings. The largest absolute Gasteiger partial charge is 0.0963 e. The molecule has 0 N–H and O–H groups in total. The van der Waals surface area contributed by atoms with Gasteiger partial charge in [0, 0.05) is 0 Å². The first-order valence-corrected chi connectivity index (χ1v) is 8.60. The van der Waals surface area contributed by atoms with Crippen molar-refractivity contribution < 1.29 is 0 Å². The first kappa shape index (κ1) is 12.9. The van der Waals surface area contributed by atoms with Gasteiger partial charge in [0.1, 0.15) is 0 Å². The molecule has 0 amide bonds. The van der Waals surface area contributed by atoms with Crippen molar-refractivity contribution in [2.75, 3.05) is 0 Å². The van der Waals surface area contributed by atoms with E-state index in [1.165, 1.54) is 25.7 Å². The summed E-state index contributed by atoms with van der Waals surface area (Å²) in [6, 6.07) is 0. The molecule has 2 radical (unpaired) electrons. The first-order chi connectivity index (χ1) is 7.61. The topological polar surface area (TPSA) is 0 Å². The van der Waals surface area contributed by atoms with E-state index < -0.39 is 0 Å². The third-order valence-electron chi connectivity index (χ3n) is 4.43. The summed E-state index contributed by atoms with van der Waals surface area (Å²) in [6.45, 7) is 9.78. The van der Waals surface area contributed by atoms with Gasteiger partial charge in [-0.15, -0.1) is 0 Å². The highest BCUT2D eigenvalue weighted by Crippen LogP contribution is 2.65. The van der Waals surface area contributed by atoms with Crippen molar-refractivity contribution in [1.29, 1.82) is 0 Å². The van der Waals surface area contributed by atoms with E-state index >= 15 is 0 Å². The lowest BCUT2D eigenvalue weighted by atomic mass is 10.0. The third-order valence-corrected chi connectivity index (χ3v) is 8.87. The van der Waals surface area contributed by atoms with Crippen LogP contribution < -0.4 is 0 Å². The van der Waals surface area contributed by atoms with Gasteiger partial charge in [-0.3, -0.25) is 0 Å². The molecule has 92 valence electrons. The van der Waals surface area contributed by atoms with E-state index in [0.717, 1.165) is 28.8 Å². The molecule has 1 heteroatoms. The highest BCUT2D eigenvalue weighted by atomic mass is 31.1. The standard InChI is InChI=1S/C15H27P/c1-11(2)14-9-10-15(12(3)4)16(14)13-7-5-6-8-13/h5,7,11-15H,6,8-10H2,1-4H3/t13?,14-,15-/m1/s1. The van der Waals surface area contributed by atoms with E-state index in [1.54, 1.807) is 0 Å². The van der Waals surface area contributed by atoms with Crippen LogP contribution in [0.2, 0.25) is 0 Å². The maximum absolute atomic E-state index is 2.56.